The van der Waals surface area contributed by atoms with E-state index in [1.54, 1.807) is 11.4 Å². The first-order chi connectivity index (χ1) is 13.2. The van der Waals surface area contributed by atoms with E-state index >= 15 is 0 Å². The molecule has 1 atom stereocenters. The minimum atomic E-state index is -0.104. The molecule has 2 aromatic rings. The molecule has 1 unspecified atom stereocenters. The van der Waals surface area contributed by atoms with Gasteiger partial charge in [0.2, 0.25) is 5.91 Å². The van der Waals surface area contributed by atoms with Gasteiger partial charge in [-0.2, -0.15) is 11.3 Å². The second kappa shape index (κ2) is 10.1. The number of carbonyl (C=O) groups excluding carboxylic acids is 2. The fourth-order valence-electron chi connectivity index (χ4n) is 2.80. The third kappa shape index (κ3) is 6.37. The van der Waals surface area contributed by atoms with Crippen LogP contribution in [-0.2, 0) is 9.53 Å². The van der Waals surface area contributed by atoms with Crippen LogP contribution in [0.5, 0.6) is 5.75 Å². The molecule has 1 aliphatic rings. The van der Waals surface area contributed by atoms with Crippen LogP contribution in [0.25, 0.3) is 0 Å². The summed E-state index contributed by atoms with van der Waals surface area (Å²) in [6, 6.07) is 9.13. The van der Waals surface area contributed by atoms with E-state index in [0.717, 1.165) is 19.4 Å². The van der Waals surface area contributed by atoms with Gasteiger partial charge in [0.1, 0.15) is 12.4 Å². The molecule has 0 radical (unpaired) electrons. The van der Waals surface area contributed by atoms with E-state index in [1.165, 1.54) is 11.3 Å². The summed E-state index contributed by atoms with van der Waals surface area (Å²) in [5.74, 6) is 0.523. The lowest BCUT2D eigenvalue weighted by Crippen LogP contribution is -2.25. The maximum Gasteiger partial charge on any atom is 0.252 e. The molecule has 1 aliphatic heterocycles. The number of hydrogen-bond donors (Lipinski definition) is 2. The first-order valence-corrected chi connectivity index (χ1v) is 10.1. The van der Waals surface area contributed by atoms with Gasteiger partial charge in [-0.1, -0.05) is 6.07 Å². The normalized spacial score (nSPS) is 16.1. The van der Waals surface area contributed by atoms with E-state index in [4.69, 9.17) is 9.47 Å². The van der Waals surface area contributed by atoms with Gasteiger partial charge in [-0.15, -0.1) is 0 Å². The third-order valence-electron chi connectivity index (χ3n) is 4.23. The zero-order valence-electron chi connectivity index (χ0n) is 15.1. The highest BCUT2D eigenvalue weighted by Gasteiger charge is 2.16. The van der Waals surface area contributed by atoms with Gasteiger partial charge in [0, 0.05) is 42.3 Å². The maximum absolute atomic E-state index is 12.1. The van der Waals surface area contributed by atoms with Crippen molar-refractivity contribution >= 4 is 28.8 Å². The summed E-state index contributed by atoms with van der Waals surface area (Å²) in [6.45, 7) is 1.80. The Labute approximate surface area is 162 Å². The Hall–Kier alpha value is -2.38. The van der Waals surface area contributed by atoms with Crippen LogP contribution < -0.4 is 15.4 Å². The van der Waals surface area contributed by atoms with Crippen molar-refractivity contribution < 1.29 is 19.1 Å². The quantitative estimate of drug-likeness (QED) is 0.645. The zero-order chi connectivity index (χ0) is 18.9. The number of thiophene rings is 1. The number of benzene rings is 1. The predicted octanol–water partition coefficient (Wildman–Crippen LogP) is 3.45. The summed E-state index contributed by atoms with van der Waals surface area (Å²) >= 11 is 1.48. The van der Waals surface area contributed by atoms with Crippen LogP contribution in [0.2, 0.25) is 0 Å². The molecule has 1 aromatic heterocycles. The third-order valence-corrected chi connectivity index (χ3v) is 4.91. The monoisotopic (exact) mass is 388 g/mol. The molecular weight excluding hydrogens is 364 g/mol. The van der Waals surface area contributed by atoms with Gasteiger partial charge in [-0.25, -0.2) is 0 Å². The van der Waals surface area contributed by atoms with Gasteiger partial charge in [-0.05, 0) is 42.8 Å². The fraction of sp³-hybridized carbons (Fsp3) is 0.400. The molecular formula is C20H24N2O4S. The number of nitrogens with one attached hydrogen (secondary N) is 2. The molecule has 6 nitrogen and oxygen atoms in total. The lowest BCUT2D eigenvalue weighted by atomic mass is 10.2. The smallest absolute Gasteiger partial charge is 0.252 e. The summed E-state index contributed by atoms with van der Waals surface area (Å²) in [5.41, 5.74) is 1.36. The second-order valence-corrected chi connectivity index (χ2v) is 7.17. The maximum atomic E-state index is 12.1. The van der Waals surface area contributed by atoms with E-state index in [9.17, 15) is 9.59 Å². The number of amides is 2. The molecule has 2 amide bonds. The first kappa shape index (κ1) is 19.4. The highest BCUT2D eigenvalue weighted by Crippen LogP contribution is 2.20. The number of carbonyl (C=O) groups is 2. The molecule has 0 saturated carbocycles. The summed E-state index contributed by atoms with van der Waals surface area (Å²) in [6.07, 6.45) is 3.19. The first-order valence-electron chi connectivity index (χ1n) is 9.15. The van der Waals surface area contributed by atoms with Gasteiger partial charge in [-0.3, -0.25) is 9.59 Å². The summed E-state index contributed by atoms with van der Waals surface area (Å²) in [4.78, 5) is 23.9. The lowest BCUT2D eigenvalue weighted by molar-refractivity contribution is -0.116. The van der Waals surface area contributed by atoms with Crippen molar-refractivity contribution in [3.8, 4) is 5.75 Å². The average molecular weight is 388 g/mol. The van der Waals surface area contributed by atoms with Crippen LogP contribution >= 0.6 is 11.3 Å². The average Bonchev–Trinajstić information content (AvgIpc) is 3.37. The molecule has 3 rings (SSSR count). The number of anilines is 1. The van der Waals surface area contributed by atoms with E-state index < -0.39 is 0 Å². The summed E-state index contributed by atoms with van der Waals surface area (Å²) in [5, 5.41) is 9.34. The Bertz CT molecular complexity index is 742. The molecule has 2 N–H and O–H groups in total. The largest absolute Gasteiger partial charge is 0.491 e. The van der Waals surface area contributed by atoms with Gasteiger partial charge < -0.3 is 20.1 Å². The Balaban J connectivity index is 1.36. The van der Waals surface area contributed by atoms with Crippen LogP contribution in [0.4, 0.5) is 5.69 Å². The molecule has 1 fully saturated rings. The van der Waals surface area contributed by atoms with Crippen molar-refractivity contribution in [2.45, 2.75) is 31.8 Å². The Morgan fingerprint density at radius 1 is 1.30 bits per heavy atom. The highest BCUT2D eigenvalue weighted by molar-refractivity contribution is 7.08. The molecule has 27 heavy (non-hydrogen) atoms. The minimum Gasteiger partial charge on any atom is -0.491 e. The van der Waals surface area contributed by atoms with E-state index in [-0.39, 0.29) is 17.9 Å². The van der Waals surface area contributed by atoms with Crippen LogP contribution in [0.1, 0.15) is 36.0 Å². The molecule has 0 bridgehead atoms. The van der Waals surface area contributed by atoms with Crippen LogP contribution in [0.15, 0.2) is 41.1 Å². The van der Waals surface area contributed by atoms with E-state index in [0.29, 0.717) is 43.0 Å². The van der Waals surface area contributed by atoms with Crippen molar-refractivity contribution in [2.75, 3.05) is 25.1 Å². The summed E-state index contributed by atoms with van der Waals surface area (Å²) < 4.78 is 11.3. The topological polar surface area (TPSA) is 76.7 Å². The van der Waals surface area contributed by atoms with Crippen LogP contribution in [-0.4, -0.2) is 37.7 Å². The van der Waals surface area contributed by atoms with Crippen LogP contribution in [0.3, 0.4) is 0 Å². The highest BCUT2D eigenvalue weighted by atomic mass is 32.1. The second-order valence-electron chi connectivity index (χ2n) is 6.39. The van der Waals surface area contributed by atoms with Gasteiger partial charge in [0.05, 0.1) is 6.10 Å². The van der Waals surface area contributed by atoms with E-state index in [1.807, 2.05) is 29.6 Å². The molecule has 2 heterocycles. The van der Waals surface area contributed by atoms with Gasteiger partial charge in [0.15, 0.2) is 0 Å². The number of ether oxygens (including phenoxy) is 2. The molecule has 144 valence electrons. The van der Waals surface area contributed by atoms with Crippen molar-refractivity contribution in [3.63, 3.8) is 0 Å². The number of hydrogen-bond acceptors (Lipinski definition) is 5. The van der Waals surface area contributed by atoms with Gasteiger partial charge in [0.25, 0.3) is 5.91 Å². The standard InChI is InChI=1S/C20H24N2O4S/c23-19(7-2-9-21-20(24)15-8-11-27-14-15)22-16-4-1-5-17(12-16)26-13-18-6-3-10-25-18/h1,4-5,8,11-12,14,18H,2-3,6-7,9-10,13H2,(H,21,24)(H,22,23). The minimum absolute atomic E-state index is 0.0870. The molecule has 0 spiro atoms. The molecule has 7 heteroatoms. The van der Waals surface area contributed by atoms with Crippen molar-refractivity contribution in [1.29, 1.82) is 0 Å². The predicted molar refractivity (Wildman–Crippen MR) is 105 cm³/mol. The molecule has 1 saturated heterocycles. The Kier molecular flexibility index (Phi) is 7.24. The van der Waals surface area contributed by atoms with E-state index in [2.05, 4.69) is 10.6 Å². The van der Waals surface area contributed by atoms with Crippen molar-refractivity contribution in [3.05, 3.63) is 46.7 Å². The Morgan fingerprint density at radius 3 is 3.00 bits per heavy atom. The molecule has 1 aromatic carbocycles. The lowest BCUT2D eigenvalue weighted by Gasteiger charge is -2.12. The summed E-state index contributed by atoms with van der Waals surface area (Å²) in [7, 11) is 0. The zero-order valence-corrected chi connectivity index (χ0v) is 15.9. The number of rotatable bonds is 9. The Morgan fingerprint density at radius 2 is 2.22 bits per heavy atom. The van der Waals surface area contributed by atoms with Gasteiger partial charge >= 0.3 is 0 Å². The fourth-order valence-corrected chi connectivity index (χ4v) is 3.43. The SMILES string of the molecule is O=C(CCCNC(=O)c1ccsc1)Nc1cccc(OCC2CCCO2)c1. The molecule has 0 aliphatic carbocycles. The van der Waals surface area contributed by atoms with Crippen molar-refractivity contribution in [2.24, 2.45) is 0 Å². The van der Waals surface area contributed by atoms with Crippen molar-refractivity contribution in [1.82, 2.24) is 5.32 Å². The van der Waals surface area contributed by atoms with Crippen LogP contribution in [0, 0.1) is 0 Å².